The summed E-state index contributed by atoms with van der Waals surface area (Å²) in [5, 5.41) is 12.3. The van der Waals surface area contributed by atoms with Crippen LogP contribution in [0.15, 0.2) is 54.7 Å². The Morgan fingerprint density at radius 1 is 1.07 bits per heavy atom. The molecule has 1 aliphatic heterocycles. The molecule has 3 aromatic rings. The highest BCUT2D eigenvalue weighted by molar-refractivity contribution is 5.79. The third-order valence-corrected chi connectivity index (χ3v) is 5.56. The first-order valence-electron chi connectivity index (χ1n) is 9.80. The van der Waals surface area contributed by atoms with Gasteiger partial charge in [0.2, 0.25) is 0 Å². The number of hydrogen-bond donors (Lipinski definition) is 2. The fourth-order valence-electron chi connectivity index (χ4n) is 3.85. The highest BCUT2D eigenvalue weighted by Gasteiger charge is 2.31. The zero-order valence-corrected chi connectivity index (χ0v) is 15.9. The summed E-state index contributed by atoms with van der Waals surface area (Å²) < 4.78 is 5.88. The Kier molecular flexibility index (Phi) is 5.19. The number of aliphatic hydroxyl groups is 1. The Morgan fingerprint density at radius 2 is 1.93 bits per heavy atom. The Balaban J connectivity index is 1.34. The molecular weight excluding hydrogens is 336 g/mol. The second-order valence-electron chi connectivity index (χ2n) is 7.86. The van der Waals surface area contributed by atoms with Crippen LogP contribution in [0.5, 0.6) is 5.75 Å². The van der Waals surface area contributed by atoms with Crippen LogP contribution in [0.25, 0.3) is 10.9 Å². The lowest BCUT2D eigenvalue weighted by atomic mass is 9.96. The van der Waals surface area contributed by atoms with Gasteiger partial charge < -0.3 is 14.8 Å². The molecule has 4 nitrogen and oxygen atoms in total. The molecule has 1 aromatic heterocycles. The zero-order chi connectivity index (χ0) is 18.7. The SMILES string of the molecule is Cc1ccc(OC[C@]2(O)CCCN(Cc3ccc4[nH]ccc4c3)CC2)cc1. The number of rotatable bonds is 5. The number of benzene rings is 2. The molecular formula is C23H28N2O2. The summed E-state index contributed by atoms with van der Waals surface area (Å²) in [6, 6.07) is 16.7. The van der Waals surface area contributed by atoms with Gasteiger partial charge in [0, 0.05) is 24.8 Å². The lowest BCUT2D eigenvalue weighted by Gasteiger charge is -2.27. The van der Waals surface area contributed by atoms with Gasteiger partial charge >= 0.3 is 0 Å². The third-order valence-electron chi connectivity index (χ3n) is 5.56. The number of ether oxygens (including phenoxy) is 1. The average Bonchev–Trinajstić information content (AvgIpc) is 3.05. The highest BCUT2D eigenvalue weighted by atomic mass is 16.5. The van der Waals surface area contributed by atoms with Crippen molar-refractivity contribution < 1.29 is 9.84 Å². The van der Waals surface area contributed by atoms with E-state index in [1.54, 1.807) is 0 Å². The summed E-state index contributed by atoms with van der Waals surface area (Å²) in [6.45, 7) is 5.25. The maximum atomic E-state index is 11.0. The summed E-state index contributed by atoms with van der Waals surface area (Å²) in [6.07, 6.45) is 4.49. The maximum absolute atomic E-state index is 11.0. The van der Waals surface area contributed by atoms with Crippen LogP contribution in [0.3, 0.4) is 0 Å². The van der Waals surface area contributed by atoms with E-state index < -0.39 is 5.60 Å². The Hall–Kier alpha value is -2.30. The van der Waals surface area contributed by atoms with E-state index in [9.17, 15) is 5.11 Å². The fourth-order valence-corrected chi connectivity index (χ4v) is 3.85. The van der Waals surface area contributed by atoms with Crippen LogP contribution in [0.1, 0.15) is 30.4 Å². The van der Waals surface area contributed by atoms with Crippen LogP contribution in [-0.4, -0.2) is 40.3 Å². The van der Waals surface area contributed by atoms with Gasteiger partial charge in [-0.25, -0.2) is 0 Å². The maximum Gasteiger partial charge on any atom is 0.119 e. The Labute approximate surface area is 160 Å². The minimum absolute atomic E-state index is 0.360. The normalized spacial score (nSPS) is 21.3. The van der Waals surface area contributed by atoms with E-state index >= 15 is 0 Å². The van der Waals surface area contributed by atoms with Crippen LogP contribution in [0, 0.1) is 6.92 Å². The Bertz CT molecular complexity index is 887. The quantitative estimate of drug-likeness (QED) is 0.711. The van der Waals surface area contributed by atoms with Crippen molar-refractivity contribution in [3.8, 4) is 5.75 Å². The molecule has 0 spiro atoms. The van der Waals surface area contributed by atoms with Crippen molar-refractivity contribution in [2.75, 3.05) is 19.7 Å². The summed E-state index contributed by atoms with van der Waals surface area (Å²) in [5.74, 6) is 0.829. The highest BCUT2D eigenvalue weighted by Crippen LogP contribution is 2.25. The van der Waals surface area contributed by atoms with Gasteiger partial charge in [-0.2, -0.15) is 0 Å². The largest absolute Gasteiger partial charge is 0.491 e. The lowest BCUT2D eigenvalue weighted by Crippen LogP contribution is -2.37. The summed E-state index contributed by atoms with van der Waals surface area (Å²) >= 11 is 0. The van der Waals surface area contributed by atoms with Gasteiger partial charge in [0.25, 0.3) is 0 Å². The van der Waals surface area contributed by atoms with Gasteiger partial charge in [-0.05, 0) is 74.0 Å². The molecule has 1 aliphatic rings. The molecule has 0 saturated carbocycles. The first kappa shape index (κ1) is 18.1. The van der Waals surface area contributed by atoms with E-state index in [0.29, 0.717) is 6.61 Å². The smallest absolute Gasteiger partial charge is 0.119 e. The molecule has 142 valence electrons. The predicted molar refractivity (Wildman–Crippen MR) is 109 cm³/mol. The van der Waals surface area contributed by atoms with E-state index in [-0.39, 0.29) is 0 Å². The number of H-pyrrole nitrogens is 1. The molecule has 4 heteroatoms. The summed E-state index contributed by atoms with van der Waals surface area (Å²) in [5.41, 5.74) is 2.97. The van der Waals surface area contributed by atoms with Crippen LogP contribution < -0.4 is 4.74 Å². The Morgan fingerprint density at radius 3 is 2.78 bits per heavy atom. The van der Waals surface area contributed by atoms with Crippen molar-refractivity contribution in [2.24, 2.45) is 0 Å². The molecule has 2 aromatic carbocycles. The second-order valence-corrected chi connectivity index (χ2v) is 7.86. The van der Waals surface area contributed by atoms with E-state index in [2.05, 4.69) is 41.1 Å². The average molecular weight is 364 g/mol. The van der Waals surface area contributed by atoms with Crippen molar-refractivity contribution in [3.63, 3.8) is 0 Å². The number of fused-ring (bicyclic) bond motifs is 1. The lowest BCUT2D eigenvalue weighted by molar-refractivity contribution is -0.0168. The van der Waals surface area contributed by atoms with Gasteiger partial charge in [-0.3, -0.25) is 4.90 Å². The summed E-state index contributed by atoms with van der Waals surface area (Å²) in [7, 11) is 0. The number of aromatic amines is 1. The number of nitrogens with one attached hydrogen (secondary N) is 1. The monoisotopic (exact) mass is 364 g/mol. The van der Waals surface area contributed by atoms with Crippen molar-refractivity contribution in [3.05, 3.63) is 65.9 Å². The molecule has 27 heavy (non-hydrogen) atoms. The van der Waals surface area contributed by atoms with E-state index in [1.807, 2.05) is 30.5 Å². The molecule has 2 heterocycles. The third kappa shape index (κ3) is 4.52. The van der Waals surface area contributed by atoms with Crippen molar-refractivity contribution in [1.29, 1.82) is 0 Å². The molecule has 2 N–H and O–H groups in total. The fraction of sp³-hybridized carbons (Fsp3) is 0.391. The minimum atomic E-state index is -0.746. The van der Waals surface area contributed by atoms with E-state index in [4.69, 9.17) is 4.74 Å². The summed E-state index contributed by atoms with van der Waals surface area (Å²) in [4.78, 5) is 5.68. The van der Waals surface area contributed by atoms with Crippen LogP contribution in [0.2, 0.25) is 0 Å². The molecule has 0 aliphatic carbocycles. The minimum Gasteiger partial charge on any atom is -0.491 e. The van der Waals surface area contributed by atoms with Crippen LogP contribution >= 0.6 is 0 Å². The van der Waals surface area contributed by atoms with Gasteiger partial charge in [-0.1, -0.05) is 23.8 Å². The standard InChI is InChI=1S/C23H28N2O2/c1-18-3-6-21(7-4-18)27-17-23(26)10-2-13-25(14-11-23)16-19-5-8-22-20(15-19)9-12-24-22/h3-9,12,15,24,26H,2,10-11,13-14,16-17H2,1H3/t23-/m0/s1. The first-order chi connectivity index (χ1) is 13.1. The number of aromatic nitrogens is 1. The predicted octanol–water partition coefficient (Wildman–Crippen LogP) is 4.27. The van der Waals surface area contributed by atoms with Crippen molar-refractivity contribution in [1.82, 2.24) is 9.88 Å². The van der Waals surface area contributed by atoms with Gasteiger partial charge in [0.05, 0.1) is 5.60 Å². The van der Waals surface area contributed by atoms with Crippen molar-refractivity contribution >= 4 is 10.9 Å². The molecule has 1 saturated heterocycles. The van der Waals surface area contributed by atoms with Gasteiger partial charge in [0.15, 0.2) is 0 Å². The van der Waals surface area contributed by atoms with E-state index in [0.717, 1.165) is 44.6 Å². The molecule has 4 rings (SSSR count). The first-order valence-corrected chi connectivity index (χ1v) is 9.80. The van der Waals surface area contributed by atoms with Gasteiger partial charge in [0.1, 0.15) is 12.4 Å². The second kappa shape index (κ2) is 7.75. The number of likely N-dealkylation sites (tertiary alicyclic amines) is 1. The molecule has 1 atom stereocenters. The molecule has 0 unspecified atom stereocenters. The molecule has 0 bridgehead atoms. The number of nitrogens with zero attached hydrogens (tertiary/aromatic N) is 1. The number of aryl methyl sites for hydroxylation is 1. The zero-order valence-electron chi connectivity index (χ0n) is 15.9. The topological polar surface area (TPSA) is 48.5 Å². The molecule has 0 amide bonds. The molecule has 1 fully saturated rings. The van der Waals surface area contributed by atoms with Crippen molar-refractivity contribution in [2.45, 2.75) is 38.3 Å². The number of hydrogen-bond acceptors (Lipinski definition) is 3. The van der Waals surface area contributed by atoms with Crippen LogP contribution in [0.4, 0.5) is 0 Å². The molecule has 0 radical (unpaired) electrons. The van der Waals surface area contributed by atoms with Gasteiger partial charge in [-0.15, -0.1) is 0 Å². The van der Waals surface area contributed by atoms with Crippen LogP contribution in [-0.2, 0) is 6.54 Å². The van der Waals surface area contributed by atoms with E-state index in [1.165, 1.54) is 22.0 Å².